The topological polar surface area (TPSA) is 88.8 Å². The third kappa shape index (κ3) is 4.33. The van der Waals surface area contributed by atoms with E-state index in [0.29, 0.717) is 41.3 Å². The second-order valence-electron chi connectivity index (χ2n) is 6.84. The second kappa shape index (κ2) is 8.94. The summed E-state index contributed by atoms with van der Waals surface area (Å²) in [6, 6.07) is 6.58. The van der Waals surface area contributed by atoms with Crippen LogP contribution in [0.5, 0.6) is 0 Å². The van der Waals surface area contributed by atoms with Gasteiger partial charge in [-0.15, -0.1) is 0 Å². The Hall–Kier alpha value is -2.11. The molecule has 4 rings (SSSR count). The summed E-state index contributed by atoms with van der Waals surface area (Å²) in [6.45, 7) is 5.97. The van der Waals surface area contributed by atoms with Crippen molar-refractivity contribution in [1.82, 2.24) is 9.88 Å². The Kier molecular flexibility index (Phi) is 6.30. The molecule has 3 heterocycles. The minimum absolute atomic E-state index is 0.0605. The van der Waals surface area contributed by atoms with Crippen LogP contribution in [0.15, 0.2) is 24.3 Å². The summed E-state index contributed by atoms with van der Waals surface area (Å²) in [7, 11) is 0. The molecule has 1 fully saturated rings. The number of hydrogen-bond donors (Lipinski definition) is 0. The number of nitrogens with zero attached hydrogens (tertiary/aromatic N) is 4. The summed E-state index contributed by atoms with van der Waals surface area (Å²) < 4.78 is 6.22. The molecule has 3 aromatic rings. The van der Waals surface area contributed by atoms with E-state index in [0.717, 1.165) is 40.2 Å². The van der Waals surface area contributed by atoms with Crippen molar-refractivity contribution in [3.63, 3.8) is 0 Å². The number of morpholine rings is 1. The lowest BCUT2D eigenvalue weighted by Gasteiger charge is -2.29. The Labute approximate surface area is 185 Å². The first-order valence-corrected chi connectivity index (χ1v) is 11.4. The molecule has 0 radical (unpaired) electrons. The first-order valence-electron chi connectivity index (χ1n) is 9.36. The number of benzene rings is 1. The highest BCUT2D eigenvalue weighted by molar-refractivity contribution is 7.23. The van der Waals surface area contributed by atoms with Gasteiger partial charge in [0.1, 0.15) is 0 Å². The number of nitro groups is 1. The van der Waals surface area contributed by atoms with Crippen molar-refractivity contribution in [2.45, 2.75) is 6.92 Å². The molecule has 0 N–H and O–H groups in total. The van der Waals surface area contributed by atoms with E-state index in [9.17, 15) is 14.9 Å². The third-order valence-electron chi connectivity index (χ3n) is 4.89. The summed E-state index contributed by atoms with van der Waals surface area (Å²) in [5, 5.41) is 12.1. The van der Waals surface area contributed by atoms with Crippen LogP contribution < -0.4 is 4.90 Å². The highest BCUT2D eigenvalue weighted by atomic mass is 35.5. The summed E-state index contributed by atoms with van der Waals surface area (Å²) in [6.07, 6.45) is 0. The number of hydrogen-bond acceptors (Lipinski definition) is 8. The number of anilines is 1. The summed E-state index contributed by atoms with van der Waals surface area (Å²) >= 11 is 8.58. The van der Waals surface area contributed by atoms with E-state index in [1.165, 1.54) is 23.5 Å². The average Bonchev–Trinajstić information content (AvgIpc) is 3.40. The van der Waals surface area contributed by atoms with Gasteiger partial charge in [0.15, 0.2) is 5.13 Å². The molecule has 1 amide bonds. The fourth-order valence-electron chi connectivity index (χ4n) is 3.23. The number of fused-ring (bicyclic) bond motifs is 1. The third-order valence-corrected chi connectivity index (χ3v) is 7.45. The molecular formula is C19H19ClN4O4S2. The molecule has 0 spiro atoms. The number of aromatic nitrogens is 1. The smallest absolute Gasteiger partial charge is 0.324 e. The lowest BCUT2D eigenvalue weighted by Crippen LogP contribution is -2.43. The van der Waals surface area contributed by atoms with Crippen molar-refractivity contribution in [1.29, 1.82) is 0 Å². The van der Waals surface area contributed by atoms with Gasteiger partial charge in [0, 0.05) is 32.2 Å². The van der Waals surface area contributed by atoms with Crippen LogP contribution >= 0.6 is 34.3 Å². The molecule has 0 saturated carbocycles. The number of halogens is 1. The molecular weight excluding hydrogens is 448 g/mol. The van der Waals surface area contributed by atoms with Crippen LogP contribution in [0.4, 0.5) is 10.1 Å². The van der Waals surface area contributed by atoms with Crippen LogP contribution in [0.2, 0.25) is 5.02 Å². The molecule has 11 heteroatoms. The number of thiazole rings is 1. The van der Waals surface area contributed by atoms with Gasteiger partial charge < -0.3 is 4.74 Å². The zero-order valence-corrected chi connectivity index (χ0v) is 18.6. The minimum atomic E-state index is -0.486. The SMILES string of the molecule is Cc1ccc(Cl)c2sc(N(CCN3CCOCC3)C(=O)c3ccc([N+](=O)[O-])s3)nc12. The van der Waals surface area contributed by atoms with Gasteiger partial charge in [-0.1, -0.05) is 40.3 Å². The normalized spacial score (nSPS) is 14.9. The van der Waals surface area contributed by atoms with Crippen molar-refractivity contribution in [2.24, 2.45) is 0 Å². The number of amides is 1. The molecule has 0 aliphatic carbocycles. The van der Waals surface area contributed by atoms with Crippen LogP contribution in [0, 0.1) is 17.0 Å². The van der Waals surface area contributed by atoms with E-state index < -0.39 is 4.92 Å². The molecule has 8 nitrogen and oxygen atoms in total. The van der Waals surface area contributed by atoms with Gasteiger partial charge in [-0.05, 0) is 24.6 Å². The van der Waals surface area contributed by atoms with Crippen molar-refractivity contribution in [3.05, 3.63) is 49.8 Å². The van der Waals surface area contributed by atoms with E-state index >= 15 is 0 Å². The number of aryl methyl sites for hydroxylation is 1. The molecule has 30 heavy (non-hydrogen) atoms. The number of carbonyl (C=O) groups is 1. The number of ether oxygens (including phenoxy) is 1. The van der Waals surface area contributed by atoms with Crippen molar-refractivity contribution >= 4 is 60.5 Å². The maximum atomic E-state index is 13.3. The van der Waals surface area contributed by atoms with Crippen molar-refractivity contribution in [3.8, 4) is 0 Å². The summed E-state index contributed by atoms with van der Waals surface area (Å²) in [4.78, 5) is 32.7. The zero-order chi connectivity index (χ0) is 21.3. The summed E-state index contributed by atoms with van der Waals surface area (Å²) in [5.41, 5.74) is 1.74. The van der Waals surface area contributed by atoms with Gasteiger partial charge >= 0.3 is 5.00 Å². The van der Waals surface area contributed by atoms with E-state index in [1.807, 2.05) is 19.1 Å². The maximum absolute atomic E-state index is 13.3. The van der Waals surface area contributed by atoms with Gasteiger partial charge in [-0.2, -0.15) is 0 Å². The van der Waals surface area contributed by atoms with E-state index in [-0.39, 0.29) is 10.9 Å². The van der Waals surface area contributed by atoms with Crippen molar-refractivity contribution < 1.29 is 14.5 Å². The lowest BCUT2D eigenvalue weighted by molar-refractivity contribution is -0.380. The standard InChI is InChI=1S/C19H19ClN4O4S2/c1-12-2-3-13(20)17-16(12)21-19(30-17)23(7-6-22-8-10-28-11-9-22)18(25)14-4-5-15(29-14)24(26)27/h2-5H,6-11H2,1H3. The molecule has 2 aromatic heterocycles. The first-order chi connectivity index (χ1) is 14.4. The lowest BCUT2D eigenvalue weighted by atomic mass is 10.2. The number of thiophene rings is 1. The minimum Gasteiger partial charge on any atom is -0.379 e. The van der Waals surface area contributed by atoms with Gasteiger partial charge in [-0.3, -0.25) is 24.7 Å². The molecule has 1 aromatic carbocycles. The van der Waals surface area contributed by atoms with Gasteiger partial charge in [0.05, 0.1) is 38.3 Å². The highest BCUT2D eigenvalue weighted by Crippen LogP contribution is 2.36. The number of carbonyl (C=O) groups excluding carboxylic acids is 1. The molecule has 0 atom stereocenters. The first kappa shape index (κ1) is 21.1. The fraction of sp³-hybridized carbons (Fsp3) is 0.368. The monoisotopic (exact) mass is 466 g/mol. The highest BCUT2D eigenvalue weighted by Gasteiger charge is 2.26. The Bertz CT molecular complexity index is 1050. The van der Waals surface area contributed by atoms with Gasteiger partial charge in [0.2, 0.25) is 0 Å². The Morgan fingerprint density at radius 2 is 2.07 bits per heavy atom. The van der Waals surface area contributed by atoms with Crippen molar-refractivity contribution in [2.75, 3.05) is 44.3 Å². The maximum Gasteiger partial charge on any atom is 0.324 e. The van der Waals surface area contributed by atoms with Gasteiger partial charge in [0.25, 0.3) is 5.91 Å². The van der Waals surface area contributed by atoms with Crippen LogP contribution in [-0.2, 0) is 4.74 Å². The Morgan fingerprint density at radius 1 is 1.30 bits per heavy atom. The quantitative estimate of drug-likeness (QED) is 0.399. The molecule has 1 aliphatic rings. The van der Waals surface area contributed by atoms with E-state index in [1.54, 1.807) is 4.90 Å². The second-order valence-corrected chi connectivity index (χ2v) is 9.29. The average molecular weight is 467 g/mol. The molecule has 0 unspecified atom stereocenters. The molecule has 158 valence electrons. The Balaban J connectivity index is 1.67. The predicted molar refractivity (Wildman–Crippen MR) is 119 cm³/mol. The molecule has 1 aliphatic heterocycles. The largest absolute Gasteiger partial charge is 0.379 e. The van der Waals surface area contributed by atoms with E-state index in [4.69, 9.17) is 21.3 Å². The zero-order valence-electron chi connectivity index (χ0n) is 16.2. The number of rotatable bonds is 6. The predicted octanol–water partition coefficient (Wildman–Crippen LogP) is 4.21. The van der Waals surface area contributed by atoms with Crippen LogP contribution in [0.3, 0.4) is 0 Å². The molecule has 1 saturated heterocycles. The van der Waals surface area contributed by atoms with Crippen LogP contribution in [-0.4, -0.2) is 60.1 Å². The van der Waals surface area contributed by atoms with E-state index in [2.05, 4.69) is 4.90 Å². The Morgan fingerprint density at radius 3 is 2.73 bits per heavy atom. The summed E-state index contributed by atoms with van der Waals surface area (Å²) in [5.74, 6) is -0.297. The van der Waals surface area contributed by atoms with Crippen LogP contribution in [0.1, 0.15) is 15.2 Å². The van der Waals surface area contributed by atoms with Gasteiger partial charge in [-0.25, -0.2) is 4.98 Å². The van der Waals surface area contributed by atoms with Crippen LogP contribution in [0.25, 0.3) is 10.2 Å². The molecule has 0 bridgehead atoms. The fourth-order valence-corrected chi connectivity index (χ4v) is 5.34.